The third kappa shape index (κ3) is 8.08. The highest BCUT2D eigenvalue weighted by Gasteiger charge is 2.45. The van der Waals surface area contributed by atoms with Gasteiger partial charge >= 0.3 is 0 Å². The first-order chi connectivity index (χ1) is 21.3. The van der Waals surface area contributed by atoms with Crippen LogP contribution in [0.4, 0.5) is 5.82 Å². The van der Waals surface area contributed by atoms with E-state index in [1.165, 1.54) is 16.2 Å². The second kappa shape index (κ2) is 15.2. The van der Waals surface area contributed by atoms with Crippen LogP contribution in [-0.2, 0) is 22.5 Å². The van der Waals surface area contributed by atoms with Crippen LogP contribution < -0.4 is 22.1 Å². The van der Waals surface area contributed by atoms with E-state index in [-0.39, 0.29) is 17.6 Å². The summed E-state index contributed by atoms with van der Waals surface area (Å²) >= 11 is 2.27. The summed E-state index contributed by atoms with van der Waals surface area (Å²) in [6.07, 6.45) is 1.17. The molecular formula is C31H39IN8O4. The molecule has 44 heavy (non-hydrogen) atoms. The van der Waals surface area contributed by atoms with Gasteiger partial charge in [0.05, 0.1) is 18.5 Å². The first-order valence-corrected chi connectivity index (χ1v) is 15.8. The van der Waals surface area contributed by atoms with E-state index in [9.17, 15) is 15.0 Å². The Balaban J connectivity index is 1.19. The lowest BCUT2D eigenvalue weighted by Gasteiger charge is -2.24. The van der Waals surface area contributed by atoms with E-state index in [4.69, 9.17) is 16.2 Å². The minimum absolute atomic E-state index is 0.00690. The third-order valence-corrected chi connectivity index (χ3v) is 8.74. The summed E-state index contributed by atoms with van der Waals surface area (Å²) in [4.78, 5) is 25.2. The number of amides is 1. The Morgan fingerprint density at radius 2 is 1.80 bits per heavy atom. The van der Waals surface area contributed by atoms with Gasteiger partial charge in [-0.1, -0.05) is 42.5 Å². The number of fused-ring (bicyclic) bond motifs is 1. The van der Waals surface area contributed by atoms with Crippen LogP contribution in [0.5, 0.6) is 0 Å². The number of nitrogens with zero attached hydrogens (tertiary/aromatic N) is 4. The number of anilines is 1. The Hall–Kier alpha value is -3.21. The van der Waals surface area contributed by atoms with Crippen LogP contribution in [0.2, 0.25) is 0 Å². The largest absolute Gasteiger partial charge is 0.388 e. The van der Waals surface area contributed by atoms with Gasteiger partial charge in [0, 0.05) is 16.7 Å². The number of rotatable bonds is 14. The fraction of sp³-hybridized carbons (Fsp3) is 0.419. The van der Waals surface area contributed by atoms with Gasteiger partial charge in [0.1, 0.15) is 24.1 Å². The number of carbonyl (C=O) groups excluding carboxylic acids is 1. The molecule has 1 amide bonds. The van der Waals surface area contributed by atoms with Crippen LogP contribution >= 0.6 is 22.6 Å². The van der Waals surface area contributed by atoms with Gasteiger partial charge in [-0.2, -0.15) is 0 Å². The molecule has 1 fully saturated rings. The summed E-state index contributed by atoms with van der Waals surface area (Å²) in [7, 11) is 0. The smallest absolute Gasteiger partial charge is 0.236 e. The van der Waals surface area contributed by atoms with E-state index < -0.39 is 30.6 Å². The molecule has 0 saturated carbocycles. The summed E-state index contributed by atoms with van der Waals surface area (Å²) in [6, 6.07) is 17.6. The first kappa shape index (κ1) is 32.2. The average molecular weight is 715 g/mol. The van der Waals surface area contributed by atoms with E-state index in [0.29, 0.717) is 50.1 Å². The molecule has 0 bridgehead atoms. The van der Waals surface area contributed by atoms with Crippen LogP contribution in [0.25, 0.3) is 11.2 Å². The number of imidazole rings is 1. The van der Waals surface area contributed by atoms with E-state index in [1.807, 2.05) is 30.3 Å². The van der Waals surface area contributed by atoms with Crippen molar-refractivity contribution in [1.82, 2.24) is 30.2 Å². The van der Waals surface area contributed by atoms with Crippen LogP contribution in [0.1, 0.15) is 36.6 Å². The minimum atomic E-state index is -1.20. The van der Waals surface area contributed by atoms with E-state index >= 15 is 0 Å². The number of nitrogen functional groups attached to an aromatic ring is 1. The highest BCUT2D eigenvalue weighted by Crippen LogP contribution is 2.35. The molecule has 1 aliphatic heterocycles. The molecule has 0 radical (unpaired) electrons. The quantitative estimate of drug-likeness (QED) is 0.105. The molecule has 0 unspecified atom stereocenters. The van der Waals surface area contributed by atoms with Crippen molar-refractivity contribution in [2.45, 2.75) is 62.8 Å². The molecule has 3 heterocycles. The molecular weight excluding hydrogens is 675 g/mol. The average Bonchev–Trinajstić information content (AvgIpc) is 3.58. The molecule has 4 aromatic rings. The van der Waals surface area contributed by atoms with Gasteiger partial charge in [0.15, 0.2) is 17.7 Å². The Kier molecular flexibility index (Phi) is 11.1. The molecule has 8 N–H and O–H groups in total. The van der Waals surface area contributed by atoms with Gasteiger partial charge in [-0.15, -0.1) is 0 Å². The topological polar surface area (TPSA) is 186 Å². The fourth-order valence-electron chi connectivity index (χ4n) is 5.52. The molecule has 6 atom stereocenters. The van der Waals surface area contributed by atoms with Gasteiger partial charge in [0.2, 0.25) is 5.91 Å². The highest BCUT2D eigenvalue weighted by molar-refractivity contribution is 14.1. The molecule has 1 saturated heterocycles. The maximum atomic E-state index is 12.8. The third-order valence-electron chi connectivity index (χ3n) is 8.02. The second-order valence-corrected chi connectivity index (χ2v) is 12.4. The van der Waals surface area contributed by atoms with Crippen molar-refractivity contribution in [1.29, 1.82) is 0 Å². The first-order valence-electron chi connectivity index (χ1n) is 14.8. The van der Waals surface area contributed by atoms with E-state index in [0.717, 1.165) is 17.5 Å². The highest BCUT2D eigenvalue weighted by atomic mass is 127. The number of aliphatic hydroxyl groups excluding tert-OH is 2. The van der Waals surface area contributed by atoms with Gasteiger partial charge in [0.25, 0.3) is 0 Å². The van der Waals surface area contributed by atoms with Crippen LogP contribution in [-0.4, -0.2) is 73.1 Å². The Labute approximate surface area is 269 Å². The lowest BCUT2D eigenvalue weighted by atomic mass is 9.91. The molecule has 234 valence electrons. The number of halogens is 1. The van der Waals surface area contributed by atoms with Gasteiger partial charge in [-0.25, -0.2) is 15.0 Å². The van der Waals surface area contributed by atoms with Crippen molar-refractivity contribution < 1.29 is 19.7 Å². The van der Waals surface area contributed by atoms with Gasteiger partial charge in [-0.05, 0) is 84.0 Å². The number of carbonyl (C=O) groups is 1. The van der Waals surface area contributed by atoms with Crippen molar-refractivity contribution in [2.24, 2.45) is 11.7 Å². The van der Waals surface area contributed by atoms with Crippen LogP contribution in [0.15, 0.2) is 67.3 Å². The summed E-state index contributed by atoms with van der Waals surface area (Å²) in [5, 5.41) is 28.4. The monoisotopic (exact) mass is 714 g/mol. The van der Waals surface area contributed by atoms with Crippen molar-refractivity contribution in [3.63, 3.8) is 0 Å². The molecule has 5 rings (SSSR count). The number of hydrogen-bond donors (Lipinski definition) is 6. The maximum Gasteiger partial charge on any atom is 0.236 e. The molecule has 0 spiro atoms. The van der Waals surface area contributed by atoms with E-state index in [1.54, 1.807) is 4.57 Å². The van der Waals surface area contributed by atoms with Crippen LogP contribution in [0.3, 0.4) is 0 Å². The van der Waals surface area contributed by atoms with Gasteiger partial charge in [-0.3, -0.25) is 9.36 Å². The SMILES string of the molecule is Nc1ncnc2c1ncn2[C@@H]1O[C@H](C[C@H](CC[C@H](N)C(=O)NCCc2ccc(I)cc2)CNCc2ccccc2)[C@H](O)[C@@H]1O. The standard InChI is InChI=1S/C31H39IN8O4/c32-22-9-6-19(7-10-22)12-13-36-30(43)23(33)11-8-21(16-35-15-20-4-2-1-3-5-20)14-24-26(41)27(42)31(44-24)40-18-39-25-28(34)37-17-38-29(25)40/h1-7,9-10,17-18,21,23-24,26-27,31,35,41-42H,8,11-16,33H2,(H,36,43)(H2,34,37,38)/t21-,23-,24+,26-,27-,31+/m0/s1. The zero-order valence-corrected chi connectivity index (χ0v) is 26.5. The summed E-state index contributed by atoms with van der Waals surface area (Å²) in [5.74, 6) is 0.0398. The van der Waals surface area contributed by atoms with Crippen molar-refractivity contribution in [3.8, 4) is 0 Å². The Morgan fingerprint density at radius 1 is 1.02 bits per heavy atom. The number of nitrogens with two attached hydrogens (primary N) is 2. The lowest BCUT2D eigenvalue weighted by molar-refractivity contribution is -0.122. The molecule has 12 nitrogen and oxygen atoms in total. The van der Waals surface area contributed by atoms with Crippen molar-refractivity contribution in [3.05, 3.63) is 81.9 Å². The number of aromatic nitrogens is 4. The minimum Gasteiger partial charge on any atom is -0.388 e. The second-order valence-electron chi connectivity index (χ2n) is 11.2. The van der Waals surface area contributed by atoms with Crippen molar-refractivity contribution >= 4 is 45.5 Å². The zero-order chi connectivity index (χ0) is 31.1. The number of nitrogens with one attached hydrogen (secondary N) is 2. The molecule has 13 heteroatoms. The molecule has 1 aliphatic rings. The van der Waals surface area contributed by atoms with Gasteiger partial charge < -0.3 is 37.1 Å². The summed E-state index contributed by atoms with van der Waals surface area (Å²) < 4.78 is 8.95. The Morgan fingerprint density at radius 3 is 2.57 bits per heavy atom. The molecule has 0 aliphatic carbocycles. The predicted octanol–water partition coefficient (Wildman–Crippen LogP) is 1.89. The summed E-state index contributed by atoms with van der Waals surface area (Å²) in [6.45, 7) is 1.79. The fourth-order valence-corrected chi connectivity index (χ4v) is 5.88. The predicted molar refractivity (Wildman–Crippen MR) is 175 cm³/mol. The summed E-state index contributed by atoms with van der Waals surface area (Å²) in [5.41, 5.74) is 15.3. The number of benzene rings is 2. The Bertz CT molecular complexity index is 1510. The number of aliphatic hydroxyl groups is 2. The van der Waals surface area contributed by atoms with E-state index in [2.05, 4.69) is 72.4 Å². The lowest BCUT2D eigenvalue weighted by Crippen LogP contribution is -2.42. The molecule has 2 aromatic carbocycles. The number of hydrogen-bond acceptors (Lipinski definition) is 10. The number of ether oxygens (including phenoxy) is 1. The zero-order valence-electron chi connectivity index (χ0n) is 24.3. The van der Waals surface area contributed by atoms with Crippen LogP contribution in [0, 0.1) is 9.49 Å². The normalized spacial score (nSPS) is 21.4. The maximum absolute atomic E-state index is 12.8. The molecule has 2 aromatic heterocycles. The van der Waals surface area contributed by atoms with Crippen molar-refractivity contribution in [2.75, 3.05) is 18.8 Å².